The molecular weight excluding hydrogens is 413 g/mol. The first-order valence-corrected chi connectivity index (χ1v) is 13.5. The number of likely N-dealkylation sites (tertiary alicyclic amines) is 1. The lowest BCUT2D eigenvalue weighted by atomic mass is 10.2. The molecule has 1 fully saturated rings. The van der Waals surface area contributed by atoms with E-state index in [2.05, 4.69) is 98.5 Å². The highest BCUT2D eigenvalue weighted by Gasteiger charge is 2.52. The maximum Gasteiger partial charge on any atom is 0.261 e. The predicted molar refractivity (Wildman–Crippen MR) is 134 cm³/mol. The Morgan fingerprint density at radius 3 is 1.81 bits per heavy atom. The van der Waals surface area contributed by atoms with Crippen molar-refractivity contribution in [1.29, 1.82) is 0 Å². The van der Waals surface area contributed by atoms with E-state index in [4.69, 9.17) is 4.43 Å². The van der Waals surface area contributed by atoms with Gasteiger partial charge in [-0.15, -0.1) is 0 Å². The molecule has 1 aliphatic rings. The van der Waals surface area contributed by atoms with Crippen LogP contribution < -0.4 is 10.4 Å². The topological polar surface area (TPSA) is 12.5 Å². The van der Waals surface area contributed by atoms with Crippen molar-refractivity contribution in [1.82, 2.24) is 4.90 Å². The number of rotatable bonds is 7. The van der Waals surface area contributed by atoms with Crippen LogP contribution >= 0.6 is 0 Å². The molecule has 0 N–H and O–H groups in total. The standard InChI is InChI=1S/C28H34FNOSi/c1-28(2,3)32(26-15-9-5-10-16-26,27-17-11-6-12-18-27)31-25-19-24(20-29)30(22-25)21-23-13-7-4-8-14-23/h4-18,24-25H,19-22H2,1-3H3/t24-,25+/m0/s1. The molecule has 2 nitrogen and oxygen atoms in total. The fourth-order valence-electron chi connectivity index (χ4n) is 5.14. The van der Waals surface area contributed by atoms with Crippen molar-refractivity contribution >= 4 is 18.7 Å². The normalized spacial score (nSPS) is 19.9. The van der Waals surface area contributed by atoms with Gasteiger partial charge in [-0.05, 0) is 27.4 Å². The van der Waals surface area contributed by atoms with E-state index in [9.17, 15) is 4.39 Å². The Kier molecular flexibility index (Phi) is 6.94. The summed E-state index contributed by atoms with van der Waals surface area (Å²) in [5.74, 6) is 0. The molecular formula is C28H34FNOSi. The Hall–Kier alpha value is -2.27. The van der Waals surface area contributed by atoms with E-state index >= 15 is 0 Å². The van der Waals surface area contributed by atoms with Crippen molar-refractivity contribution < 1.29 is 8.82 Å². The Labute approximate surface area is 193 Å². The summed E-state index contributed by atoms with van der Waals surface area (Å²) >= 11 is 0. The summed E-state index contributed by atoms with van der Waals surface area (Å²) in [4.78, 5) is 2.26. The summed E-state index contributed by atoms with van der Waals surface area (Å²) < 4.78 is 21.3. The third kappa shape index (κ3) is 4.58. The molecule has 0 saturated carbocycles. The van der Waals surface area contributed by atoms with Crippen LogP contribution in [0.5, 0.6) is 0 Å². The molecule has 0 amide bonds. The van der Waals surface area contributed by atoms with Gasteiger partial charge in [-0.1, -0.05) is 112 Å². The quantitative estimate of drug-likeness (QED) is 0.463. The number of hydrogen-bond donors (Lipinski definition) is 0. The zero-order valence-electron chi connectivity index (χ0n) is 19.4. The third-order valence-corrected chi connectivity index (χ3v) is 11.7. The van der Waals surface area contributed by atoms with Crippen LogP contribution in [0.4, 0.5) is 4.39 Å². The molecule has 3 aromatic carbocycles. The van der Waals surface area contributed by atoms with Crippen molar-refractivity contribution in [3.8, 4) is 0 Å². The third-order valence-electron chi connectivity index (χ3n) is 6.66. The summed E-state index contributed by atoms with van der Waals surface area (Å²) in [6.45, 7) is 8.06. The highest BCUT2D eigenvalue weighted by atomic mass is 28.4. The Bertz CT molecular complexity index is 935. The summed E-state index contributed by atoms with van der Waals surface area (Å²) in [5, 5.41) is 2.47. The van der Waals surface area contributed by atoms with Crippen LogP contribution in [0.15, 0.2) is 91.0 Å². The summed E-state index contributed by atoms with van der Waals surface area (Å²) in [5.41, 5.74) is 1.22. The van der Waals surface area contributed by atoms with E-state index < -0.39 is 8.32 Å². The molecule has 1 heterocycles. The Morgan fingerprint density at radius 2 is 1.34 bits per heavy atom. The zero-order valence-corrected chi connectivity index (χ0v) is 20.4. The first kappa shape index (κ1) is 22.9. The second-order valence-corrected chi connectivity index (χ2v) is 14.1. The van der Waals surface area contributed by atoms with Gasteiger partial charge in [0.15, 0.2) is 0 Å². The number of hydrogen-bond acceptors (Lipinski definition) is 2. The van der Waals surface area contributed by atoms with Gasteiger partial charge >= 0.3 is 0 Å². The van der Waals surface area contributed by atoms with E-state index in [1.54, 1.807) is 0 Å². The first-order valence-electron chi connectivity index (χ1n) is 11.6. The van der Waals surface area contributed by atoms with Crippen molar-refractivity contribution in [2.75, 3.05) is 13.2 Å². The van der Waals surface area contributed by atoms with Crippen molar-refractivity contribution in [3.63, 3.8) is 0 Å². The predicted octanol–water partition coefficient (Wildman–Crippen LogP) is 5.18. The van der Waals surface area contributed by atoms with Crippen LogP contribution in [0.25, 0.3) is 0 Å². The monoisotopic (exact) mass is 447 g/mol. The average molecular weight is 448 g/mol. The van der Waals surface area contributed by atoms with Crippen LogP contribution in [0, 0.1) is 0 Å². The summed E-state index contributed by atoms with van der Waals surface area (Å²) in [7, 11) is -2.63. The molecule has 4 rings (SSSR count). The number of nitrogens with zero attached hydrogens (tertiary/aromatic N) is 1. The maximum absolute atomic E-state index is 14.1. The fourth-order valence-corrected chi connectivity index (χ4v) is 9.82. The van der Waals surface area contributed by atoms with Gasteiger partial charge in [0, 0.05) is 19.1 Å². The molecule has 168 valence electrons. The van der Waals surface area contributed by atoms with Crippen LogP contribution in [0.3, 0.4) is 0 Å². The lowest BCUT2D eigenvalue weighted by Crippen LogP contribution is -2.67. The first-order chi connectivity index (χ1) is 15.4. The van der Waals surface area contributed by atoms with Gasteiger partial charge in [-0.3, -0.25) is 4.90 Å². The largest absolute Gasteiger partial charge is 0.403 e. The van der Waals surface area contributed by atoms with E-state index in [1.807, 2.05) is 18.2 Å². The van der Waals surface area contributed by atoms with Gasteiger partial charge in [0.2, 0.25) is 0 Å². The van der Waals surface area contributed by atoms with Crippen LogP contribution in [-0.4, -0.2) is 38.6 Å². The van der Waals surface area contributed by atoms with Crippen molar-refractivity contribution in [3.05, 3.63) is 96.6 Å². The molecule has 0 radical (unpaired) electrons. The van der Waals surface area contributed by atoms with Crippen molar-refractivity contribution in [2.24, 2.45) is 0 Å². The minimum Gasteiger partial charge on any atom is -0.403 e. The highest BCUT2D eigenvalue weighted by Crippen LogP contribution is 2.39. The van der Waals surface area contributed by atoms with Crippen LogP contribution in [-0.2, 0) is 11.0 Å². The molecule has 0 unspecified atom stereocenters. The van der Waals surface area contributed by atoms with Gasteiger partial charge in [-0.2, -0.15) is 0 Å². The number of halogens is 1. The molecule has 0 aliphatic carbocycles. The molecule has 3 aromatic rings. The molecule has 0 spiro atoms. The molecule has 2 atom stereocenters. The lowest BCUT2D eigenvalue weighted by molar-refractivity contribution is 0.178. The number of alkyl halides is 1. The molecule has 32 heavy (non-hydrogen) atoms. The Morgan fingerprint density at radius 1 is 0.844 bits per heavy atom. The zero-order chi connectivity index (χ0) is 22.6. The molecule has 0 aromatic heterocycles. The summed E-state index contributed by atoms with van der Waals surface area (Å²) in [6, 6.07) is 31.7. The maximum atomic E-state index is 14.1. The highest BCUT2D eigenvalue weighted by molar-refractivity contribution is 6.99. The van der Waals surface area contributed by atoms with Gasteiger partial charge < -0.3 is 4.43 Å². The van der Waals surface area contributed by atoms with E-state index in [0.717, 1.165) is 19.5 Å². The van der Waals surface area contributed by atoms with Crippen LogP contribution in [0.1, 0.15) is 32.8 Å². The average Bonchev–Trinajstić information content (AvgIpc) is 3.19. The Balaban J connectivity index is 1.69. The lowest BCUT2D eigenvalue weighted by Gasteiger charge is -2.44. The van der Waals surface area contributed by atoms with Gasteiger partial charge in [0.05, 0.1) is 6.10 Å². The SMILES string of the molecule is CC(C)(C)[Si](O[C@@H]1C[C@@H](CF)N(Cc2ccccc2)C1)(c1ccccc1)c1ccccc1. The second kappa shape index (κ2) is 9.70. The van der Waals surface area contributed by atoms with Crippen LogP contribution in [0.2, 0.25) is 5.04 Å². The molecule has 1 saturated heterocycles. The molecule has 1 aliphatic heterocycles. The number of benzene rings is 3. The fraction of sp³-hybridized carbons (Fsp3) is 0.357. The van der Waals surface area contributed by atoms with Gasteiger partial charge in [0.25, 0.3) is 8.32 Å². The smallest absolute Gasteiger partial charge is 0.261 e. The molecule has 4 heteroatoms. The van der Waals surface area contributed by atoms with E-state index in [0.29, 0.717) is 0 Å². The van der Waals surface area contributed by atoms with E-state index in [1.165, 1.54) is 15.9 Å². The van der Waals surface area contributed by atoms with Crippen molar-refractivity contribution in [2.45, 2.75) is 50.9 Å². The summed E-state index contributed by atoms with van der Waals surface area (Å²) in [6.07, 6.45) is 0.735. The molecule has 0 bridgehead atoms. The minimum atomic E-state index is -2.63. The van der Waals surface area contributed by atoms with E-state index in [-0.39, 0.29) is 23.9 Å². The minimum absolute atomic E-state index is 0.00534. The van der Waals surface area contributed by atoms with Gasteiger partial charge in [0.1, 0.15) is 6.67 Å². The second-order valence-electron chi connectivity index (χ2n) is 9.86. The van der Waals surface area contributed by atoms with Gasteiger partial charge in [-0.25, -0.2) is 4.39 Å².